The van der Waals surface area contributed by atoms with Crippen LogP contribution < -0.4 is 5.32 Å². The number of imidazole rings is 1. The lowest BCUT2D eigenvalue weighted by Gasteiger charge is -2.52. The second-order valence-corrected chi connectivity index (χ2v) is 15.8. The van der Waals surface area contributed by atoms with Gasteiger partial charge in [-0.05, 0) is 61.8 Å². The van der Waals surface area contributed by atoms with Crippen molar-refractivity contribution < 1.29 is 13.2 Å². The van der Waals surface area contributed by atoms with Gasteiger partial charge in [-0.15, -0.1) is 25.3 Å². The molecule has 3 fully saturated rings. The van der Waals surface area contributed by atoms with Crippen LogP contribution in [0.15, 0.2) is 54.0 Å². The molecule has 1 aromatic carbocycles. The van der Waals surface area contributed by atoms with Gasteiger partial charge < -0.3 is 9.88 Å². The van der Waals surface area contributed by atoms with E-state index in [2.05, 4.69) is 40.9 Å². The van der Waals surface area contributed by atoms with E-state index in [9.17, 15) is 13.2 Å². The van der Waals surface area contributed by atoms with Gasteiger partial charge in [-0.1, -0.05) is 37.3 Å². The molecule has 3 atom stereocenters. The van der Waals surface area contributed by atoms with Crippen molar-refractivity contribution in [3.05, 3.63) is 65.1 Å². The molecule has 2 aliphatic heterocycles. The molecule has 1 spiro atoms. The number of rotatable bonds is 5. The van der Waals surface area contributed by atoms with Crippen LogP contribution >= 0.6 is 49.5 Å². The molecule has 3 heterocycles. The largest absolute Gasteiger partial charge is 0.418 e. The molecule has 1 N–H and O–H groups in total. The van der Waals surface area contributed by atoms with Gasteiger partial charge in [-0.2, -0.15) is 25.8 Å². The summed E-state index contributed by atoms with van der Waals surface area (Å²) in [6, 6.07) is 3.26. The molecular weight excluding hydrogens is 604 g/mol. The second kappa shape index (κ2) is 10.2. The van der Waals surface area contributed by atoms with Crippen molar-refractivity contribution in [2.45, 2.75) is 66.1 Å². The van der Waals surface area contributed by atoms with Crippen molar-refractivity contribution in [2.24, 2.45) is 17.3 Å². The van der Waals surface area contributed by atoms with E-state index in [1.165, 1.54) is 6.07 Å². The third-order valence-corrected chi connectivity index (χ3v) is 12.6. The summed E-state index contributed by atoms with van der Waals surface area (Å²) in [4.78, 5) is 6.58. The van der Waals surface area contributed by atoms with E-state index in [1.807, 2.05) is 13.9 Å². The molecule has 41 heavy (non-hydrogen) atoms. The minimum atomic E-state index is -4.50. The molecule has 6 rings (SSSR count). The zero-order valence-electron chi connectivity index (χ0n) is 23.1. The lowest BCUT2D eigenvalue weighted by molar-refractivity contribution is -0.136. The lowest BCUT2D eigenvalue weighted by atomic mass is 9.66. The van der Waals surface area contributed by atoms with E-state index in [-0.39, 0.29) is 35.4 Å². The Morgan fingerprint density at radius 1 is 1.20 bits per heavy atom. The lowest BCUT2D eigenvalue weighted by Crippen LogP contribution is -2.59. The maximum atomic E-state index is 14.4. The van der Waals surface area contributed by atoms with Crippen molar-refractivity contribution in [2.75, 3.05) is 13.1 Å². The van der Waals surface area contributed by atoms with Crippen LogP contribution in [-0.4, -0.2) is 50.3 Å². The highest BCUT2D eigenvalue weighted by atomic mass is 35.5. The van der Waals surface area contributed by atoms with Gasteiger partial charge in [-0.3, -0.25) is 4.90 Å². The first kappa shape index (κ1) is 29.9. The minimum absolute atomic E-state index is 0.0552. The molecule has 0 radical (unpaired) electrons. The molecule has 220 valence electrons. The summed E-state index contributed by atoms with van der Waals surface area (Å²) in [5, 5.41) is 4.29. The van der Waals surface area contributed by atoms with Crippen LogP contribution in [0.4, 0.5) is 13.2 Å². The molecule has 2 aliphatic carbocycles. The van der Waals surface area contributed by atoms with Gasteiger partial charge in [-0.25, -0.2) is 4.98 Å². The molecule has 12 heteroatoms. The van der Waals surface area contributed by atoms with Crippen molar-refractivity contribution in [3.63, 3.8) is 0 Å². The van der Waals surface area contributed by atoms with Crippen LogP contribution in [0.2, 0.25) is 0 Å². The molecule has 1 aromatic heterocycles. The number of thiol groups is 3. The molecule has 4 nitrogen and oxygen atoms in total. The number of allylic oxidation sites excluding steroid dienone is 3. The SMILES string of the molecule is BC(S)(Cc1cc(C(F)(F)F)c2c(c1)ncn2C1CC(C)C1)C(S)(S)N1CCC2(CC1)C(=C)NC1C=CC(Cl)=CC12. The fourth-order valence-electron chi connectivity index (χ4n) is 7.45. The third-order valence-electron chi connectivity index (χ3n) is 9.91. The van der Waals surface area contributed by atoms with Gasteiger partial charge in [0.1, 0.15) is 12.0 Å². The Hall–Kier alpha value is -1.14. The van der Waals surface area contributed by atoms with Gasteiger partial charge in [0.15, 0.2) is 0 Å². The number of fused-ring (bicyclic) bond motifs is 3. The number of halogens is 4. The van der Waals surface area contributed by atoms with Crippen molar-refractivity contribution in [3.8, 4) is 0 Å². The average Bonchev–Trinajstić information content (AvgIpc) is 3.40. The smallest absolute Gasteiger partial charge is 0.381 e. The summed E-state index contributed by atoms with van der Waals surface area (Å²) in [5.41, 5.74) is 1.29. The first-order valence-electron chi connectivity index (χ1n) is 14.1. The standard InChI is InChI=1S/C29H35BClF3N4S3/c1-16-9-20(10-16)38-15-35-24-12-18(11-22(25(24)38)28(32,33)34)14-27(30,39)29(40,41)37-7-5-26(6-8-37)17(2)36-23-4-3-19(31)13-21(23)26/h3-4,11-13,15-16,20-21,23,36,39-41H,2,5-10,14,30H2,1H3. The van der Waals surface area contributed by atoms with Crippen LogP contribution in [0.5, 0.6) is 0 Å². The Balaban J connectivity index is 1.24. The molecular formula is C29H35BClF3N4S3. The number of piperidine rings is 1. The topological polar surface area (TPSA) is 33.1 Å². The maximum Gasteiger partial charge on any atom is 0.418 e. The number of benzene rings is 1. The summed E-state index contributed by atoms with van der Waals surface area (Å²) in [6.07, 6.45) is 6.85. The third kappa shape index (κ3) is 4.99. The second-order valence-electron chi connectivity index (χ2n) is 12.7. The maximum absolute atomic E-state index is 14.4. The number of aromatic nitrogens is 2. The van der Waals surface area contributed by atoms with Crippen LogP contribution in [0.1, 0.15) is 49.8 Å². The quantitative estimate of drug-likeness (QED) is 0.178. The van der Waals surface area contributed by atoms with Crippen molar-refractivity contribution >= 4 is 68.4 Å². The summed E-state index contributed by atoms with van der Waals surface area (Å²) in [5.74, 6) is 0.736. The minimum Gasteiger partial charge on any atom is -0.381 e. The Morgan fingerprint density at radius 3 is 2.51 bits per heavy atom. The highest BCUT2D eigenvalue weighted by molar-refractivity contribution is 8.02. The molecule has 2 saturated heterocycles. The number of nitrogens with zero attached hydrogens (tertiary/aromatic N) is 3. The Morgan fingerprint density at radius 2 is 1.88 bits per heavy atom. The summed E-state index contributed by atoms with van der Waals surface area (Å²) >= 11 is 21.4. The molecule has 2 aromatic rings. The first-order valence-corrected chi connectivity index (χ1v) is 15.8. The van der Waals surface area contributed by atoms with Crippen LogP contribution in [0.25, 0.3) is 11.0 Å². The van der Waals surface area contributed by atoms with Gasteiger partial charge in [0.2, 0.25) is 0 Å². The Bertz CT molecular complexity index is 1440. The fraction of sp³-hybridized carbons (Fsp3) is 0.552. The average molecular weight is 639 g/mol. The predicted octanol–water partition coefficient (Wildman–Crippen LogP) is 6.22. The van der Waals surface area contributed by atoms with Crippen molar-refractivity contribution in [1.82, 2.24) is 19.8 Å². The Labute approximate surface area is 261 Å². The summed E-state index contributed by atoms with van der Waals surface area (Å²) in [7, 11) is 1.90. The van der Waals surface area contributed by atoms with Crippen LogP contribution in [0, 0.1) is 17.3 Å². The highest BCUT2D eigenvalue weighted by Gasteiger charge is 2.54. The van der Waals surface area contributed by atoms with E-state index >= 15 is 0 Å². The number of alkyl halides is 3. The zero-order chi connectivity index (χ0) is 29.5. The number of nitrogens with one attached hydrogen (secondary N) is 1. The van der Waals surface area contributed by atoms with E-state index in [0.29, 0.717) is 30.1 Å². The Kier molecular flexibility index (Phi) is 7.45. The number of hydrogen-bond acceptors (Lipinski definition) is 6. The first-order chi connectivity index (χ1) is 19.1. The fourth-order valence-corrected chi connectivity index (χ4v) is 8.54. The van der Waals surface area contributed by atoms with E-state index in [4.69, 9.17) is 49.5 Å². The summed E-state index contributed by atoms with van der Waals surface area (Å²) in [6.45, 7) is 7.87. The highest BCUT2D eigenvalue weighted by Crippen LogP contribution is 2.54. The van der Waals surface area contributed by atoms with Gasteiger partial charge in [0.05, 0.1) is 29.0 Å². The van der Waals surface area contributed by atoms with Crippen LogP contribution in [0.3, 0.4) is 0 Å². The van der Waals surface area contributed by atoms with E-state index in [0.717, 1.165) is 36.4 Å². The number of hydrogen-bond donors (Lipinski definition) is 4. The van der Waals surface area contributed by atoms with Crippen LogP contribution in [-0.2, 0) is 12.6 Å². The zero-order valence-corrected chi connectivity index (χ0v) is 26.6. The monoisotopic (exact) mass is 638 g/mol. The van der Waals surface area contributed by atoms with E-state index in [1.54, 1.807) is 17.0 Å². The molecule has 4 aliphatic rings. The number of likely N-dealkylation sites (tertiary alicyclic amines) is 1. The predicted molar refractivity (Wildman–Crippen MR) is 173 cm³/mol. The molecule has 0 bridgehead atoms. The normalized spacial score (nSPS) is 29.7. The van der Waals surface area contributed by atoms with Gasteiger partial charge in [0, 0.05) is 45.8 Å². The molecule has 3 unspecified atom stereocenters. The van der Waals surface area contributed by atoms with Gasteiger partial charge >= 0.3 is 6.18 Å². The van der Waals surface area contributed by atoms with Gasteiger partial charge in [0.25, 0.3) is 0 Å². The van der Waals surface area contributed by atoms with Crippen molar-refractivity contribution in [1.29, 1.82) is 0 Å². The summed E-state index contributed by atoms with van der Waals surface area (Å²) < 4.78 is 42.9. The molecule has 0 amide bonds. The van der Waals surface area contributed by atoms with E-state index < -0.39 is 20.6 Å². The molecule has 1 saturated carbocycles.